The molecular formula is C19H25N5O2. The van der Waals surface area contributed by atoms with E-state index in [4.69, 9.17) is 4.74 Å². The lowest BCUT2D eigenvalue weighted by Gasteiger charge is -2.32. The van der Waals surface area contributed by atoms with E-state index in [0.717, 1.165) is 24.4 Å². The predicted octanol–water partition coefficient (Wildman–Crippen LogP) is 1.72. The zero-order valence-electron chi connectivity index (χ0n) is 15.6. The van der Waals surface area contributed by atoms with Gasteiger partial charge < -0.3 is 14.5 Å². The Morgan fingerprint density at radius 2 is 2.15 bits per heavy atom. The number of rotatable bonds is 5. The lowest BCUT2D eigenvalue weighted by atomic mass is 10.1. The first kappa shape index (κ1) is 18.3. The molecule has 26 heavy (non-hydrogen) atoms. The van der Waals surface area contributed by atoms with E-state index < -0.39 is 0 Å². The number of nitrogens with zero attached hydrogens (tertiary/aromatic N) is 5. The highest BCUT2D eigenvalue weighted by Crippen LogP contribution is 2.16. The number of hydrogen-bond acceptors (Lipinski definition) is 6. The molecule has 3 rings (SSSR count). The average Bonchev–Trinajstić information content (AvgIpc) is 2.67. The van der Waals surface area contributed by atoms with Crippen LogP contribution in [0, 0.1) is 6.92 Å². The standard InChI is InChI=1S/C19H25N5O2/c1-14-11-22-17(12-21-14)19(25)24-8-9-26-16(13-24)5-4-15-6-7-20-18(10-15)23(2)3/h6-7,10-12,16H,4-5,8-9,13H2,1-3H3. The van der Waals surface area contributed by atoms with E-state index in [9.17, 15) is 4.79 Å². The van der Waals surface area contributed by atoms with Gasteiger partial charge in [-0.1, -0.05) is 0 Å². The predicted molar refractivity (Wildman–Crippen MR) is 99.3 cm³/mol. The molecule has 138 valence electrons. The SMILES string of the molecule is Cc1cnc(C(=O)N2CCOC(CCc3ccnc(N(C)C)c3)C2)cn1. The zero-order valence-corrected chi connectivity index (χ0v) is 15.6. The third-order valence-corrected chi connectivity index (χ3v) is 4.45. The van der Waals surface area contributed by atoms with Gasteiger partial charge in [-0.2, -0.15) is 0 Å². The topological polar surface area (TPSA) is 71.5 Å². The summed E-state index contributed by atoms with van der Waals surface area (Å²) in [7, 11) is 3.96. The molecule has 1 aliphatic heterocycles. The van der Waals surface area contributed by atoms with E-state index in [1.54, 1.807) is 12.4 Å². The van der Waals surface area contributed by atoms with E-state index in [-0.39, 0.29) is 12.0 Å². The number of pyridine rings is 1. The Hall–Kier alpha value is -2.54. The van der Waals surface area contributed by atoms with Crippen LogP contribution in [0.3, 0.4) is 0 Å². The largest absolute Gasteiger partial charge is 0.375 e. The second kappa shape index (κ2) is 8.23. The quantitative estimate of drug-likeness (QED) is 0.813. The molecule has 2 aromatic heterocycles. The number of aryl methyl sites for hydroxylation is 2. The van der Waals surface area contributed by atoms with Gasteiger partial charge in [-0.25, -0.2) is 9.97 Å². The summed E-state index contributed by atoms with van der Waals surface area (Å²) in [6, 6.07) is 4.12. The minimum atomic E-state index is -0.0791. The molecule has 0 bridgehead atoms. The first-order valence-electron chi connectivity index (χ1n) is 8.84. The number of carbonyl (C=O) groups excluding carboxylic acids is 1. The molecule has 3 heterocycles. The summed E-state index contributed by atoms with van der Waals surface area (Å²) >= 11 is 0. The van der Waals surface area contributed by atoms with Crippen molar-refractivity contribution in [3.63, 3.8) is 0 Å². The molecule has 0 N–H and O–H groups in total. The molecule has 0 spiro atoms. The smallest absolute Gasteiger partial charge is 0.274 e. The van der Waals surface area contributed by atoms with Crippen LogP contribution in [0.5, 0.6) is 0 Å². The van der Waals surface area contributed by atoms with Crippen LogP contribution in [0.4, 0.5) is 5.82 Å². The van der Waals surface area contributed by atoms with Gasteiger partial charge in [0.25, 0.3) is 5.91 Å². The Morgan fingerprint density at radius 1 is 1.31 bits per heavy atom. The molecule has 0 radical (unpaired) electrons. The summed E-state index contributed by atoms with van der Waals surface area (Å²) in [5.74, 6) is 0.867. The van der Waals surface area contributed by atoms with Crippen LogP contribution in [0.2, 0.25) is 0 Å². The highest BCUT2D eigenvalue weighted by Gasteiger charge is 2.25. The van der Waals surface area contributed by atoms with Crippen molar-refractivity contribution in [1.82, 2.24) is 19.9 Å². The van der Waals surface area contributed by atoms with Crippen LogP contribution in [0.15, 0.2) is 30.7 Å². The number of anilines is 1. The molecular weight excluding hydrogens is 330 g/mol. The Labute approximate surface area is 154 Å². The Kier molecular flexibility index (Phi) is 5.78. The summed E-state index contributed by atoms with van der Waals surface area (Å²) in [6.07, 6.45) is 6.78. The molecule has 2 aromatic rings. The first-order valence-corrected chi connectivity index (χ1v) is 8.84. The van der Waals surface area contributed by atoms with E-state index in [1.807, 2.05) is 43.1 Å². The third kappa shape index (κ3) is 4.54. The molecule has 0 saturated carbocycles. The van der Waals surface area contributed by atoms with Crippen LogP contribution in [-0.4, -0.2) is 65.7 Å². The number of hydrogen-bond donors (Lipinski definition) is 0. The second-order valence-electron chi connectivity index (χ2n) is 6.74. The molecule has 1 atom stereocenters. The fourth-order valence-electron chi connectivity index (χ4n) is 2.93. The van der Waals surface area contributed by atoms with Crippen LogP contribution in [0.1, 0.15) is 28.2 Å². The summed E-state index contributed by atoms with van der Waals surface area (Å²) < 4.78 is 5.86. The number of amides is 1. The van der Waals surface area contributed by atoms with E-state index >= 15 is 0 Å². The minimum Gasteiger partial charge on any atom is -0.375 e. The van der Waals surface area contributed by atoms with Gasteiger partial charge in [0.15, 0.2) is 0 Å². The van der Waals surface area contributed by atoms with E-state index in [2.05, 4.69) is 21.0 Å². The highest BCUT2D eigenvalue weighted by atomic mass is 16.5. The summed E-state index contributed by atoms with van der Waals surface area (Å²) in [6.45, 7) is 3.58. The molecule has 1 aliphatic rings. The van der Waals surface area contributed by atoms with Crippen molar-refractivity contribution in [2.75, 3.05) is 38.7 Å². The van der Waals surface area contributed by atoms with Gasteiger partial charge in [-0.15, -0.1) is 0 Å². The summed E-state index contributed by atoms with van der Waals surface area (Å²) in [5.41, 5.74) is 2.41. The van der Waals surface area contributed by atoms with Crippen LogP contribution in [-0.2, 0) is 11.2 Å². The lowest BCUT2D eigenvalue weighted by Crippen LogP contribution is -2.46. The van der Waals surface area contributed by atoms with Gasteiger partial charge in [0.2, 0.25) is 0 Å². The van der Waals surface area contributed by atoms with Crippen molar-refractivity contribution in [2.24, 2.45) is 0 Å². The fourth-order valence-corrected chi connectivity index (χ4v) is 2.93. The maximum atomic E-state index is 12.6. The van der Waals surface area contributed by atoms with Crippen LogP contribution < -0.4 is 4.90 Å². The number of ether oxygens (including phenoxy) is 1. The van der Waals surface area contributed by atoms with Crippen LogP contribution >= 0.6 is 0 Å². The molecule has 1 saturated heterocycles. The fraction of sp³-hybridized carbons (Fsp3) is 0.474. The van der Waals surface area contributed by atoms with Gasteiger partial charge in [0.05, 0.1) is 24.6 Å². The average molecular weight is 355 g/mol. The summed E-state index contributed by atoms with van der Waals surface area (Å²) in [4.78, 5) is 29.1. The van der Waals surface area contributed by atoms with Gasteiger partial charge in [0.1, 0.15) is 11.5 Å². The van der Waals surface area contributed by atoms with Gasteiger partial charge in [0, 0.05) is 39.6 Å². The molecule has 1 amide bonds. The number of morpholine rings is 1. The molecule has 1 fully saturated rings. The van der Waals surface area contributed by atoms with E-state index in [1.165, 1.54) is 5.56 Å². The van der Waals surface area contributed by atoms with Crippen LogP contribution in [0.25, 0.3) is 0 Å². The lowest BCUT2D eigenvalue weighted by molar-refractivity contribution is -0.0248. The van der Waals surface area contributed by atoms with Gasteiger partial charge in [-0.3, -0.25) is 9.78 Å². The van der Waals surface area contributed by atoms with Crippen molar-refractivity contribution in [3.8, 4) is 0 Å². The Balaban J connectivity index is 1.57. The van der Waals surface area contributed by atoms with Crippen molar-refractivity contribution >= 4 is 11.7 Å². The normalized spacial score (nSPS) is 17.2. The minimum absolute atomic E-state index is 0.0297. The monoisotopic (exact) mass is 355 g/mol. The van der Waals surface area contributed by atoms with Gasteiger partial charge >= 0.3 is 0 Å². The third-order valence-electron chi connectivity index (χ3n) is 4.45. The molecule has 0 aliphatic carbocycles. The maximum Gasteiger partial charge on any atom is 0.274 e. The maximum absolute atomic E-state index is 12.6. The number of aromatic nitrogens is 3. The molecule has 1 unspecified atom stereocenters. The van der Waals surface area contributed by atoms with Crippen molar-refractivity contribution < 1.29 is 9.53 Å². The first-order chi connectivity index (χ1) is 12.5. The zero-order chi connectivity index (χ0) is 18.5. The second-order valence-corrected chi connectivity index (χ2v) is 6.74. The highest BCUT2D eigenvalue weighted by molar-refractivity contribution is 5.92. The van der Waals surface area contributed by atoms with E-state index in [0.29, 0.717) is 25.4 Å². The number of carbonyl (C=O) groups is 1. The Morgan fingerprint density at radius 3 is 2.88 bits per heavy atom. The molecule has 7 nitrogen and oxygen atoms in total. The Bertz CT molecular complexity index is 748. The van der Waals surface area contributed by atoms with Crippen molar-refractivity contribution in [2.45, 2.75) is 25.9 Å². The van der Waals surface area contributed by atoms with Crippen molar-refractivity contribution in [3.05, 3.63) is 47.7 Å². The molecule has 0 aromatic carbocycles. The van der Waals surface area contributed by atoms with Crippen molar-refractivity contribution in [1.29, 1.82) is 0 Å². The van der Waals surface area contributed by atoms with Gasteiger partial charge in [-0.05, 0) is 37.5 Å². The molecule has 7 heteroatoms. The summed E-state index contributed by atoms with van der Waals surface area (Å²) in [5, 5.41) is 0.